The summed E-state index contributed by atoms with van der Waals surface area (Å²) in [5, 5.41) is 0. The Morgan fingerprint density at radius 1 is 1.06 bits per heavy atom. The summed E-state index contributed by atoms with van der Waals surface area (Å²) in [5.74, 6) is 0.537. The van der Waals surface area contributed by atoms with Crippen LogP contribution in [0.3, 0.4) is 0 Å². The summed E-state index contributed by atoms with van der Waals surface area (Å²) < 4.78 is 18.7. The van der Waals surface area contributed by atoms with Gasteiger partial charge in [-0.1, -0.05) is 12.1 Å². The van der Waals surface area contributed by atoms with Gasteiger partial charge in [0.1, 0.15) is 18.2 Å². The Balaban J connectivity index is 2.13. The predicted octanol–water partition coefficient (Wildman–Crippen LogP) is 3.60. The smallest absolute Gasteiger partial charge is 0.124 e. The SMILES string of the molecule is Cc1cc(F)ccc1COc1cc(N)ccc1C. The van der Waals surface area contributed by atoms with Gasteiger partial charge >= 0.3 is 0 Å². The highest BCUT2D eigenvalue weighted by Gasteiger charge is 2.04. The minimum Gasteiger partial charge on any atom is -0.489 e. The maximum absolute atomic E-state index is 13.0. The van der Waals surface area contributed by atoms with Crippen LogP contribution in [0.25, 0.3) is 0 Å². The summed E-state index contributed by atoms with van der Waals surface area (Å²) in [4.78, 5) is 0. The third-order valence-corrected chi connectivity index (χ3v) is 2.90. The lowest BCUT2D eigenvalue weighted by Crippen LogP contribution is -2.00. The van der Waals surface area contributed by atoms with Gasteiger partial charge in [0.25, 0.3) is 0 Å². The normalized spacial score (nSPS) is 10.4. The molecule has 0 heterocycles. The molecule has 2 N–H and O–H groups in total. The van der Waals surface area contributed by atoms with Gasteiger partial charge in [-0.2, -0.15) is 0 Å². The summed E-state index contributed by atoms with van der Waals surface area (Å²) in [7, 11) is 0. The molecule has 0 atom stereocenters. The van der Waals surface area contributed by atoms with Crippen molar-refractivity contribution in [2.45, 2.75) is 20.5 Å². The van der Waals surface area contributed by atoms with Crippen LogP contribution in [0.4, 0.5) is 10.1 Å². The third kappa shape index (κ3) is 2.80. The molecule has 0 radical (unpaired) electrons. The summed E-state index contributed by atoms with van der Waals surface area (Å²) in [6, 6.07) is 10.2. The van der Waals surface area contributed by atoms with E-state index in [1.54, 1.807) is 12.1 Å². The highest BCUT2D eigenvalue weighted by Crippen LogP contribution is 2.22. The zero-order chi connectivity index (χ0) is 13.1. The largest absolute Gasteiger partial charge is 0.489 e. The number of anilines is 1. The van der Waals surface area contributed by atoms with Gasteiger partial charge in [-0.05, 0) is 48.7 Å². The lowest BCUT2D eigenvalue weighted by molar-refractivity contribution is 0.303. The standard InChI is InChI=1S/C15H16FNO/c1-10-3-6-14(17)8-15(10)18-9-12-4-5-13(16)7-11(12)2/h3-8H,9,17H2,1-2H3. The maximum atomic E-state index is 13.0. The van der Waals surface area contributed by atoms with Crippen LogP contribution in [0.1, 0.15) is 16.7 Å². The van der Waals surface area contributed by atoms with E-state index in [2.05, 4.69) is 0 Å². The van der Waals surface area contributed by atoms with Crippen molar-refractivity contribution in [3.63, 3.8) is 0 Å². The minimum absolute atomic E-state index is 0.226. The fourth-order valence-electron chi connectivity index (χ4n) is 1.75. The zero-order valence-corrected chi connectivity index (χ0v) is 10.5. The molecule has 0 fully saturated rings. The van der Waals surface area contributed by atoms with Crippen molar-refractivity contribution in [2.75, 3.05) is 5.73 Å². The molecule has 0 aliphatic carbocycles. The van der Waals surface area contributed by atoms with Gasteiger partial charge in [-0.25, -0.2) is 4.39 Å². The number of nitrogens with two attached hydrogens (primary N) is 1. The van der Waals surface area contributed by atoms with Crippen molar-refractivity contribution in [2.24, 2.45) is 0 Å². The topological polar surface area (TPSA) is 35.2 Å². The molecule has 0 unspecified atom stereocenters. The number of hydrogen-bond acceptors (Lipinski definition) is 2. The van der Waals surface area contributed by atoms with Gasteiger partial charge in [0.15, 0.2) is 0 Å². The molecular weight excluding hydrogens is 229 g/mol. The summed E-state index contributed by atoms with van der Waals surface area (Å²) >= 11 is 0. The van der Waals surface area contributed by atoms with E-state index in [9.17, 15) is 4.39 Å². The van der Waals surface area contributed by atoms with Crippen LogP contribution in [0, 0.1) is 19.7 Å². The molecule has 18 heavy (non-hydrogen) atoms. The number of rotatable bonds is 3. The van der Waals surface area contributed by atoms with E-state index in [-0.39, 0.29) is 5.82 Å². The van der Waals surface area contributed by atoms with E-state index >= 15 is 0 Å². The van der Waals surface area contributed by atoms with Crippen molar-refractivity contribution in [1.82, 2.24) is 0 Å². The third-order valence-electron chi connectivity index (χ3n) is 2.90. The molecule has 2 aromatic carbocycles. The maximum Gasteiger partial charge on any atom is 0.124 e. The molecular formula is C15H16FNO. The van der Waals surface area contributed by atoms with Crippen LogP contribution in [0.2, 0.25) is 0 Å². The zero-order valence-electron chi connectivity index (χ0n) is 10.5. The first kappa shape index (κ1) is 12.4. The molecule has 3 heteroatoms. The van der Waals surface area contributed by atoms with Gasteiger partial charge in [0, 0.05) is 11.8 Å². The first-order chi connectivity index (χ1) is 8.56. The lowest BCUT2D eigenvalue weighted by Gasteiger charge is -2.11. The summed E-state index contributed by atoms with van der Waals surface area (Å²) in [6.45, 7) is 4.25. The average Bonchev–Trinajstić information content (AvgIpc) is 2.32. The molecule has 0 saturated carbocycles. The Hall–Kier alpha value is -2.03. The Morgan fingerprint density at radius 3 is 2.56 bits per heavy atom. The van der Waals surface area contributed by atoms with Crippen LogP contribution in [0.15, 0.2) is 36.4 Å². The molecule has 94 valence electrons. The predicted molar refractivity (Wildman–Crippen MR) is 71.1 cm³/mol. The number of ether oxygens (including phenoxy) is 1. The van der Waals surface area contributed by atoms with E-state index < -0.39 is 0 Å². The molecule has 0 bridgehead atoms. The Bertz CT molecular complexity index is 566. The fourth-order valence-corrected chi connectivity index (χ4v) is 1.75. The second kappa shape index (κ2) is 5.08. The van der Waals surface area contributed by atoms with Gasteiger partial charge in [-0.15, -0.1) is 0 Å². The van der Waals surface area contributed by atoms with Crippen LogP contribution in [-0.2, 0) is 6.61 Å². The molecule has 2 rings (SSSR count). The van der Waals surface area contributed by atoms with E-state index in [0.29, 0.717) is 12.3 Å². The number of halogens is 1. The first-order valence-corrected chi connectivity index (χ1v) is 5.80. The van der Waals surface area contributed by atoms with E-state index in [0.717, 1.165) is 22.4 Å². The molecule has 0 aliphatic heterocycles. The number of aryl methyl sites for hydroxylation is 2. The molecule has 2 nitrogen and oxygen atoms in total. The monoisotopic (exact) mass is 245 g/mol. The summed E-state index contributed by atoms with van der Waals surface area (Å²) in [6.07, 6.45) is 0. The van der Waals surface area contributed by atoms with Gasteiger partial charge < -0.3 is 10.5 Å². The Labute approximate surface area is 106 Å². The highest BCUT2D eigenvalue weighted by atomic mass is 19.1. The van der Waals surface area contributed by atoms with E-state index in [1.165, 1.54) is 12.1 Å². The van der Waals surface area contributed by atoms with Crippen molar-refractivity contribution in [3.8, 4) is 5.75 Å². The van der Waals surface area contributed by atoms with Crippen molar-refractivity contribution < 1.29 is 9.13 Å². The second-order valence-corrected chi connectivity index (χ2v) is 4.38. The molecule has 0 spiro atoms. The van der Waals surface area contributed by atoms with Crippen LogP contribution < -0.4 is 10.5 Å². The van der Waals surface area contributed by atoms with Crippen LogP contribution in [0.5, 0.6) is 5.75 Å². The summed E-state index contributed by atoms with van der Waals surface area (Å²) in [5.41, 5.74) is 9.28. The minimum atomic E-state index is -0.226. The molecule has 0 aromatic heterocycles. The van der Waals surface area contributed by atoms with Crippen LogP contribution >= 0.6 is 0 Å². The molecule has 0 amide bonds. The molecule has 2 aromatic rings. The van der Waals surface area contributed by atoms with Gasteiger partial charge in [-0.3, -0.25) is 0 Å². The van der Waals surface area contributed by atoms with Crippen molar-refractivity contribution in [3.05, 3.63) is 58.9 Å². The fraction of sp³-hybridized carbons (Fsp3) is 0.200. The number of nitrogen functional groups attached to an aromatic ring is 1. The first-order valence-electron chi connectivity index (χ1n) is 5.80. The quantitative estimate of drug-likeness (QED) is 0.838. The Kier molecular flexibility index (Phi) is 3.51. The molecule has 0 aliphatic rings. The number of benzene rings is 2. The van der Waals surface area contributed by atoms with Gasteiger partial charge in [0.2, 0.25) is 0 Å². The Morgan fingerprint density at radius 2 is 1.83 bits per heavy atom. The van der Waals surface area contributed by atoms with Gasteiger partial charge in [0.05, 0.1) is 0 Å². The average molecular weight is 245 g/mol. The number of hydrogen-bond donors (Lipinski definition) is 1. The van der Waals surface area contributed by atoms with Crippen molar-refractivity contribution in [1.29, 1.82) is 0 Å². The lowest BCUT2D eigenvalue weighted by atomic mass is 10.1. The second-order valence-electron chi connectivity index (χ2n) is 4.38. The van der Waals surface area contributed by atoms with E-state index in [1.807, 2.05) is 26.0 Å². The molecule has 0 saturated heterocycles. The highest BCUT2D eigenvalue weighted by molar-refractivity contribution is 5.48. The van der Waals surface area contributed by atoms with E-state index in [4.69, 9.17) is 10.5 Å². The van der Waals surface area contributed by atoms with Crippen LogP contribution in [-0.4, -0.2) is 0 Å². The van der Waals surface area contributed by atoms with Crippen molar-refractivity contribution >= 4 is 5.69 Å².